The molecule has 5 heteroatoms. The third-order valence-corrected chi connectivity index (χ3v) is 5.83. The van der Waals surface area contributed by atoms with Gasteiger partial charge in [0, 0.05) is 23.3 Å². The van der Waals surface area contributed by atoms with Crippen LogP contribution in [-0.2, 0) is 19.4 Å². The van der Waals surface area contributed by atoms with Gasteiger partial charge in [0.25, 0.3) is 5.56 Å². The largest absolute Gasteiger partial charge is 0.304 e. The van der Waals surface area contributed by atoms with Gasteiger partial charge in [0.2, 0.25) is 0 Å². The zero-order chi connectivity index (χ0) is 16.2. The molecule has 0 saturated heterocycles. The van der Waals surface area contributed by atoms with Crippen molar-refractivity contribution in [3.63, 3.8) is 0 Å². The summed E-state index contributed by atoms with van der Waals surface area (Å²) in [6, 6.07) is 0. The summed E-state index contributed by atoms with van der Waals surface area (Å²) < 4.78 is 3.41. The Morgan fingerprint density at radius 2 is 1.91 bits per heavy atom. The van der Waals surface area contributed by atoms with Crippen LogP contribution >= 0.6 is 0 Å². The molecule has 0 bridgehead atoms. The van der Waals surface area contributed by atoms with Crippen LogP contribution in [0.3, 0.4) is 0 Å². The molecule has 0 aliphatic heterocycles. The number of aromatic nitrogens is 2. The first kappa shape index (κ1) is 14.7. The van der Waals surface area contributed by atoms with Gasteiger partial charge in [-0.25, -0.2) is 0 Å². The maximum absolute atomic E-state index is 12.7. The third kappa shape index (κ3) is 2.09. The van der Waals surface area contributed by atoms with E-state index < -0.39 is 0 Å². The van der Waals surface area contributed by atoms with Crippen molar-refractivity contribution in [2.24, 2.45) is 11.3 Å². The van der Waals surface area contributed by atoms with E-state index in [1.165, 1.54) is 12.8 Å². The number of nitrogens with zero attached hydrogens (tertiary/aromatic N) is 2. The molecule has 0 amide bonds. The summed E-state index contributed by atoms with van der Waals surface area (Å²) in [6.45, 7) is 4.20. The quantitative estimate of drug-likeness (QED) is 0.499. The summed E-state index contributed by atoms with van der Waals surface area (Å²) in [4.78, 5) is 12.7. The smallest absolute Gasteiger partial charge is 0.294 e. The monoisotopic (exact) mass is 312 g/mol. The molecule has 2 saturated carbocycles. The summed E-state index contributed by atoms with van der Waals surface area (Å²) >= 11 is 0. The summed E-state index contributed by atoms with van der Waals surface area (Å²) in [5.41, 5.74) is 1.70. The highest BCUT2D eigenvalue weighted by molar-refractivity contribution is 5.91. The molecule has 0 atom stereocenters. The van der Waals surface area contributed by atoms with Gasteiger partial charge in [-0.05, 0) is 57.3 Å². The zero-order valence-corrected chi connectivity index (χ0v) is 13.5. The first-order valence-corrected chi connectivity index (χ1v) is 8.72. The fourth-order valence-corrected chi connectivity index (χ4v) is 4.29. The average molecular weight is 312 g/mol. The molecule has 2 N–H and O–H groups in total. The molecule has 1 aromatic rings. The van der Waals surface area contributed by atoms with E-state index in [2.05, 4.69) is 6.58 Å². The molecule has 0 spiro atoms. The minimum Gasteiger partial charge on any atom is -0.304 e. The minimum absolute atomic E-state index is 0.0376. The van der Waals surface area contributed by atoms with E-state index in [9.17, 15) is 4.79 Å². The Balaban J connectivity index is 1.91. The van der Waals surface area contributed by atoms with E-state index in [0.29, 0.717) is 18.3 Å². The maximum Gasteiger partial charge on any atom is 0.294 e. The van der Waals surface area contributed by atoms with Crippen LogP contribution in [0.25, 0.3) is 0 Å². The molecule has 3 aliphatic carbocycles. The molecule has 2 fully saturated rings. The molecule has 23 heavy (non-hydrogen) atoms. The van der Waals surface area contributed by atoms with Crippen molar-refractivity contribution in [3.8, 4) is 0 Å². The molecule has 0 aromatic carbocycles. The van der Waals surface area contributed by atoms with Crippen LogP contribution in [0.1, 0.15) is 49.9 Å². The van der Waals surface area contributed by atoms with Gasteiger partial charge in [0.05, 0.1) is 0 Å². The molecule has 0 unspecified atom stereocenters. The summed E-state index contributed by atoms with van der Waals surface area (Å²) in [5.74, 6) is 1.13. The van der Waals surface area contributed by atoms with Crippen LogP contribution in [0.5, 0.6) is 0 Å². The maximum atomic E-state index is 12.7. The number of fused-ring (bicyclic) bond motifs is 1. The highest BCUT2D eigenvalue weighted by atomic mass is 16.1. The van der Waals surface area contributed by atoms with Crippen molar-refractivity contribution in [1.82, 2.24) is 9.13 Å². The molecule has 122 valence electrons. The second-order valence-corrected chi connectivity index (χ2v) is 7.27. The van der Waals surface area contributed by atoms with Crippen molar-refractivity contribution in [3.05, 3.63) is 39.9 Å². The lowest BCUT2D eigenvalue weighted by molar-refractivity contribution is 0.531. The van der Waals surface area contributed by atoms with E-state index in [1.807, 2.05) is 0 Å². The highest BCUT2D eigenvalue weighted by Gasteiger charge is 2.57. The standard InChI is InChI=1S/C18H24N4O/c1-2-11-21-13-5-3-4-6-14(13)22(15(19)16(21)23)17(20)18(9-10-18)12-7-8-12/h2,12,19-20H,1,3-11H2. The van der Waals surface area contributed by atoms with Crippen LogP contribution in [-0.4, -0.2) is 15.0 Å². The van der Waals surface area contributed by atoms with Crippen LogP contribution < -0.4 is 11.0 Å². The van der Waals surface area contributed by atoms with Crippen molar-refractivity contribution < 1.29 is 0 Å². The van der Waals surface area contributed by atoms with Crippen molar-refractivity contribution in [2.45, 2.75) is 57.9 Å². The third-order valence-electron chi connectivity index (χ3n) is 5.83. The van der Waals surface area contributed by atoms with Gasteiger partial charge in [0.1, 0.15) is 5.84 Å². The summed E-state index contributed by atoms with van der Waals surface area (Å²) in [6.07, 6.45) is 10.1. The van der Waals surface area contributed by atoms with Gasteiger partial charge in [-0.3, -0.25) is 20.2 Å². The SMILES string of the molecule is C=CCn1c2c(n(C(=N)C3(C4CC4)CC3)c(=N)c1=O)CCCC2. The minimum atomic E-state index is -0.276. The Bertz CT molecular complexity index is 806. The summed E-state index contributed by atoms with van der Waals surface area (Å²) in [7, 11) is 0. The lowest BCUT2D eigenvalue weighted by Gasteiger charge is -2.28. The van der Waals surface area contributed by atoms with Crippen molar-refractivity contribution in [1.29, 1.82) is 10.8 Å². The van der Waals surface area contributed by atoms with Gasteiger partial charge in [-0.1, -0.05) is 6.08 Å². The molecule has 5 nitrogen and oxygen atoms in total. The first-order valence-electron chi connectivity index (χ1n) is 8.72. The van der Waals surface area contributed by atoms with Crippen LogP contribution in [0.4, 0.5) is 0 Å². The molecule has 3 aliphatic rings. The van der Waals surface area contributed by atoms with Crippen molar-refractivity contribution in [2.75, 3.05) is 0 Å². The molecular formula is C18H24N4O. The summed E-state index contributed by atoms with van der Waals surface area (Å²) in [5, 5.41) is 17.2. The molecule has 1 heterocycles. The van der Waals surface area contributed by atoms with Gasteiger partial charge in [0.15, 0.2) is 5.49 Å². The Kier molecular flexibility index (Phi) is 3.22. The lowest BCUT2D eigenvalue weighted by atomic mass is 9.95. The Hall–Kier alpha value is -1.91. The van der Waals surface area contributed by atoms with Gasteiger partial charge >= 0.3 is 0 Å². The molecular weight excluding hydrogens is 288 g/mol. The Morgan fingerprint density at radius 3 is 2.48 bits per heavy atom. The number of hydrogen-bond donors (Lipinski definition) is 2. The van der Waals surface area contributed by atoms with E-state index in [0.717, 1.165) is 49.9 Å². The predicted molar refractivity (Wildman–Crippen MR) is 88.9 cm³/mol. The second kappa shape index (κ2) is 5.05. The number of rotatable bonds is 4. The van der Waals surface area contributed by atoms with E-state index in [-0.39, 0.29) is 16.5 Å². The van der Waals surface area contributed by atoms with Crippen molar-refractivity contribution >= 4 is 5.84 Å². The van der Waals surface area contributed by atoms with E-state index in [4.69, 9.17) is 10.8 Å². The topological polar surface area (TPSA) is 74.6 Å². The molecule has 1 aromatic heterocycles. The van der Waals surface area contributed by atoms with Gasteiger partial charge in [-0.15, -0.1) is 6.58 Å². The van der Waals surface area contributed by atoms with Gasteiger partial charge in [-0.2, -0.15) is 0 Å². The zero-order valence-electron chi connectivity index (χ0n) is 13.5. The average Bonchev–Trinajstić information content (AvgIpc) is 3.43. The van der Waals surface area contributed by atoms with Crippen LogP contribution in [0.2, 0.25) is 0 Å². The predicted octanol–water partition coefficient (Wildman–Crippen LogP) is 2.21. The first-order chi connectivity index (χ1) is 11.1. The Morgan fingerprint density at radius 1 is 1.26 bits per heavy atom. The van der Waals surface area contributed by atoms with E-state index >= 15 is 0 Å². The Labute approximate surface area is 135 Å². The van der Waals surface area contributed by atoms with Gasteiger partial charge < -0.3 is 4.57 Å². The molecule has 4 rings (SSSR count). The van der Waals surface area contributed by atoms with Crippen LogP contribution in [0.15, 0.2) is 17.4 Å². The molecule has 0 radical (unpaired) electrons. The van der Waals surface area contributed by atoms with E-state index in [1.54, 1.807) is 15.2 Å². The number of hydrogen-bond acceptors (Lipinski definition) is 3. The number of nitrogens with one attached hydrogen (secondary N) is 2. The normalized spacial score (nSPS) is 21.6. The van der Waals surface area contributed by atoms with Crippen LogP contribution in [0, 0.1) is 22.2 Å². The highest BCUT2D eigenvalue weighted by Crippen LogP contribution is 2.62. The fraction of sp³-hybridized carbons (Fsp3) is 0.611. The second-order valence-electron chi connectivity index (χ2n) is 7.27. The lowest BCUT2D eigenvalue weighted by Crippen LogP contribution is -2.49. The fourth-order valence-electron chi connectivity index (χ4n) is 4.29. The number of allylic oxidation sites excluding steroid dienone is 1.